The molecule has 5 nitrogen and oxygen atoms in total. The summed E-state index contributed by atoms with van der Waals surface area (Å²) in [5.41, 5.74) is 0.911. The van der Waals surface area contributed by atoms with Crippen LogP contribution in [0.1, 0.15) is 46.0 Å². The van der Waals surface area contributed by atoms with Crippen LogP contribution in [0, 0.1) is 22.7 Å². The van der Waals surface area contributed by atoms with Crippen LogP contribution in [0.15, 0.2) is 23.8 Å². The lowest BCUT2D eigenvalue weighted by atomic mass is 9.46. The number of esters is 1. The summed E-state index contributed by atoms with van der Waals surface area (Å²) in [6.07, 6.45) is 4.42. The van der Waals surface area contributed by atoms with Gasteiger partial charge < -0.3 is 20.1 Å². The maximum atomic E-state index is 11.8. The molecule has 1 saturated heterocycles. The Balaban J connectivity index is 1.89. The van der Waals surface area contributed by atoms with Gasteiger partial charge in [0.15, 0.2) is 0 Å². The number of fused-ring (bicyclic) bond motifs is 1. The van der Waals surface area contributed by atoms with Crippen LogP contribution in [0.4, 0.5) is 0 Å². The second-order valence-corrected chi connectivity index (χ2v) is 8.54. The number of aliphatic hydroxyl groups is 3. The first-order valence-corrected chi connectivity index (χ1v) is 9.26. The van der Waals surface area contributed by atoms with E-state index >= 15 is 0 Å². The van der Waals surface area contributed by atoms with E-state index in [1.165, 1.54) is 0 Å². The minimum Gasteiger partial charge on any atom is -0.459 e. The molecule has 3 rings (SSSR count). The lowest BCUT2D eigenvalue weighted by molar-refractivity contribution is -0.151. The molecular weight excluding hydrogens is 320 g/mol. The molecule has 0 spiro atoms. The number of ether oxygens (including phenoxy) is 1. The van der Waals surface area contributed by atoms with Crippen LogP contribution in [0.25, 0.3) is 0 Å². The van der Waals surface area contributed by atoms with Gasteiger partial charge in [-0.2, -0.15) is 0 Å². The molecule has 25 heavy (non-hydrogen) atoms. The van der Waals surface area contributed by atoms with Crippen LogP contribution in [-0.2, 0) is 9.53 Å². The molecule has 1 heterocycles. The lowest BCUT2D eigenvalue weighted by Crippen LogP contribution is -2.57. The van der Waals surface area contributed by atoms with E-state index in [1.54, 1.807) is 0 Å². The molecule has 0 amide bonds. The molecule has 3 N–H and O–H groups in total. The fraction of sp³-hybridized carbons (Fsp3) is 0.750. The molecule has 3 fully saturated rings. The highest BCUT2D eigenvalue weighted by Crippen LogP contribution is 2.61. The second kappa shape index (κ2) is 6.53. The normalized spacial score (nSPS) is 46.2. The zero-order valence-corrected chi connectivity index (χ0v) is 15.2. The van der Waals surface area contributed by atoms with Crippen LogP contribution in [-0.4, -0.2) is 46.7 Å². The molecule has 2 aliphatic carbocycles. The minimum atomic E-state index is -0.844. The molecule has 0 bridgehead atoms. The van der Waals surface area contributed by atoms with Crippen molar-refractivity contribution in [2.75, 3.05) is 13.2 Å². The molecule has 140 valence electrons. The lowest BCUT2D eigenvalue weighted by Gasteiger charge is -2.59. The SMILES string of the molecule is C=C1CCC2[C@](C)(CO)[C@H](O)CC[C@@]2(C)[C@@H]1C/C=C1/C(=O)OC[C@@H]1O. The topological polar surface area (TPSA) is 87.0 Å². The van der Waals surface area contributed by atoms with E-state index in [2.05, 4.69) is 13.5 Å². The Morgan fingerprint density at radius 3 is 2.64 bits per heavy atom. The predicted molar refractivity (Wildman–Crippen MR) is 93.6 cm³/mol. The summed E-state index contributed by atoms with van der Waals surface area (Å²) in [6.45, 7) is 8.50. The summed E-state index contributed by atoms with van der Waals surface area (Å²) in [4.78, 5) is 11.8. The maximum Gasteiger partial charge on any atom is 0.336 e. The summed E-state index contributed by atoms with van der Waals surface area (Å²) in [6, 6.07) is 0. The van der Waals surface area contributed by atoms with Crippen molar-refractivity contribution in [3.8, 4) is 0 Å². The van der Waals surface area contributed by atoms with Gasteiger partial charge in [-0.25, -0.2) is 4.79 Å². The van der Waals surface area contributed by atoms with Crippen molar-refractivity contribution in [3.05, 3.63) is 23.8 Å². The third kappa shape index (κ3) is 2.86. The minimum absolute atomic E-state index is 0.0280. The Bertz CT molecular complexity index is 597. The first kappa shape index (κ1) is 18.6. The van der Waals surface area contributed by atoms with Gasteiger partial charge in [0.2, 0.25) is 0 Å². The standard InChI is InChI=1S/C20H30O5/c1-12-4-7-16-19(2,9-8-17(23)20(16,3)11-21)14(12)6-5-13-15(22)10-25-18(13)24/h5,14-17,21-23H,1,4,6-11H2,2-3H3/b13-5+/t14-,15+,16?,17-,19+,20+/m1/s1. The summed E-state index contributed by atoms with van der Waals surface area (Å²) in [5, 5.41) is 30.4. The monoisotopic (exact) mass is 350 g/mol. The average Bonchev–Trinajstić information content (AvgIpc) is 2.89. The molecule has 1 aliphatic heterocycles. The quantitative estimate of drug-likeness (QED) is 0.411. The van der Waals surface area contributed by atoms with Gasteiger partial charge >= 0.3 is 5.97 Å². The highest BCUT2D eigenvalue weighted by molar-refractivity contribution is 5.91. The Labute approximate surface area is 149 Å². The largest absolute Gasteiger partial charge is 0.459 e. The molecule has 2 saturated carbocycles. The molecule has 0 aromatic carbocycles. The Morgan fingerprint density at radius 1 is 1.32 bits per heavy atom. The first-order chi connectivity index (χ1) is 11.7. The number of carbonyl (C=O) groups excluding carboxylic acids is 1. The van der Waals surface area contributed by atoms with E-state index in [9.17, 15) is 20.1 Å². The van der Waals surface area contributed by atoms with Crippen molar-refractivity contribution < 1.29 is 24.9 Å². The van der Waals surface area contributed by atoms with Crippen molar-refractivity contribution in [1.29, 1.82) is 0 Å². The van der Waals surface area contributed by atoms with Crippen molar-refractivity contribution in [2.45, 2.75) is 58.2 Å². The number of hydrogen-bond donors (Lipinski definition) is 3. The van der Waals surface area contributed by atoms with E-state index in [1.807, 2.05) is 13.0 Å². The highest BCUT2D eigenvalue weighted by atomic mass is 16.6. The summed E-state index contributed by atoms with van der Waals surface area (Å²) in [7, 11) is 0. The van der Waals surface area contributed by atoms with E-state index in [0.717, 1.165) is 24.8 Å². The van der Waals surface area contributed by atoms with Crippen molar-refractivity contribution in [1.82, 2.24) is 0 Å². The number of carbonyl (C=O) groups is 1. The van der Waals surface area contributed by atoms with Gasteiger partial charge in [0.25, 0.3) is 0 Å². The van der Waals surface area contributed by atoms with Crippen LogP contribution < -0.4 is 0 Å². The summed E-state index contributed by atoms with van der Waals surface area (Å²) in [5.74, 6) is -0.0734. The second-order valence-electron chi connectivity index (χ2n) is 8.54. The van der Waals surface area contributed by atoms with Gasteiger partial charge in [-0.3, -0.25) is 0 Å². The van der Waals surface area contributed by atoms with E-state index in [4.69, 9.17) is 4.74 Å². The van der Waals surface area contributed by atoms with Crippen molar-refractivity contribution in [2.24, 2.45) is 22.7 Å². The molecule has 1 unspecified atom stereocenters. The fourth-order valence-corrected chi connectivity index (χ4v) is 5.56. The number of aliphatic hydroxyl groups excluding tert-OH is 3. The van der Waals surface area contributed by atoms with E-state index in [-0.39, 0.29) is 30.5 Å². The Hall–Kier alpha value is -1.17. The molecular formula is C20H30O5. The summed E-state index contributed by atoms with van der Waals surface area (Å²) >= 11 is 0. The van der Waals surface area contributed by atoms with Gasteiger partial charge in [0, 0.05) is 5.41 Å². The van der Waals surface area contributed by atoms with E-state index < -0.39 is 23.6 Å². The van der Waals surface area contributed by atoms with Gasteiger partial charge in [0.05, 0.1) is 18.3 Å². The number of rotatable bonds is 3. The molecule has 5 heteroatoms. The smallest absolute Gasteiger partial charge is 0.336 e. The number of cyclic esters (lactones) is 1. The third-order valence-electron chi connectivity index (χ3n) is 7.23. The van der Waals surface area contributed by atoms with Crippen LogP contribution in [0.2, 0.25) is 0 Å². The van der Waals surface area contributed by atoms with Crippen molar-refractivity contribution >= 4 is 5.97 Å². The summed E-state index contributed by atoms with van der Waals surface area (Å²) < 4.78 is 4.90. The average molecular weight is 350 g/mol. The van der Waals surface area contributed by atoms with Gasteiger partial charge in [0.1, 0.15) is 12.7 Å². The molecule has 6 atom stereocenters. The Morgan fingerprint density at radius 2 is 2.04 bits per heavy atom. The predicted octanol–water partition coefficient (Wildman–Crippen LogP) is 1.96. The zero-order chi connectivity index (χ0) is 18.4. The third-order valence-corrected chi connectivity index (χ3v) is 7.23. The van der Waals surface area contributed by atoms with Gasteiger partial charge in [-0.1, -0.05) is 32.1 Å². The van der Waals surface area contributed by atoms with Crippen molar-refractivity contribution in [3.63, 3.8) is 0 Å². The van der Waals surface area contributed by atoms with E-state index in [0.29, 0.717) is 18.4 Å². The van der Waals surface area contributed by atoms with Crippen LogP contribution in [0.3, 0.4) is 0 Å². The molecule has 0 aromatic heterocycles. The Kier molecular flexibility index (Phi) is 4.86. The maximum absolute atomic E-state index is 11.8. The first-order valence-electron chi connectivity index (χ1n) is 9.26. The number of hydrogen-bond acceptors (Lipinski definition) is 5. The van der Waals surface area contributed by atoms with Gasteiger partial charge in [-0.15, -0.1) is 0 Å². The van der Waals surface area contributed by atoms with Crippen LogP contribution >= 0.6 is 0 Å². The molecule has 0 radical (unpaired) electrons. The van der Waals surface area contributed by atoms with Gasteiger partial charge in [-0.05, 0) is 49.4 Å². The number of allylic oxidation sites excluding steroid dienone is 2. The zero-order valence-electron chi connectivity index (χ0n) is 15.2. The highest BCUT2D eigenvalue weighted by Gasteiger charge is 2.57. The fourth-order valence-electron chi connectivity index (χ4n) is 5.56. The molecule has 0 aromatic rings. The van der Waals surface area contributed by atoms with Crippen LogP contribution in [0.5, 0.6) is 0 Å². The molecule has 3 aliphatic rings.